The van der Waals surface area contributed by atoms with Crippen LogP contribution < -0.4 is 5.32 Å². The van der Waals surface area contributed by atoms with Gasteiger partial charge in [0.1, 0.15) is 11.4 Å². The molecule has 0 radical (unpaired) electrons. The van der Waals surface area contributed by atoms with Gasteiger partial charge in [-0.1, -0.05) is 54.0 Å². The summed E-state index contributed by atoms with van der Waals surface area (Å²) in [5, 5.41) is 27.1. The molecule has 5 rings (SSSR count). The largest absolute Gasteiger partial charge is 0.523 e. The molecule has 7 atom stereocenters. The van der Waals surface area contributed by atoms with Gasteiger partial charge in [-0.05, 0) is 86.5 Å². The number of ketones is 1. The highest BCUT2D eigenvalue weighted by Gasteiger charge is 2.76. The summed E-state index contributed by atoms with van der Waals surface area (Å²) in [4.78, 5) is 32.1. The molecule has 39 heavy (non-hydrogen) atoms. The SMILES string of the molecule is [C-]#[N+]C1=C(O)C(C)(C)[C@@H]2CC[C@]3(C)C(=CC(=O)[C@]4(O)[C@@H]5CC(C)(C)CC[C@]5(C(=O)NCC)CC[C@@]34C)[C@@]2(C)C1. The van der Waals surface area contributed by atoms with Crippen LogP contribution in [0.1, 0.15) is 107 Å². The predicted octanol–water partition coefficient (Wildman–Crippen LogP) is 6.52. The molecule has 3 fully saturated rings. The van der Waals surface area contributed by atoms with E-state index in [4.69, 9.17) is 6.57 Å². The highest BCUT2D eigenvalue weighted by molar-refractivity contribution is 6.01. The van der Waals surface area contributed by atoms with Gasteiger partial charge < -0.3 is 15.5 Å². The summed E-state index contributed by atoms with van der Waals surface area (Å²) in [7, 11) is 0. The number of aliphatic hydroxyl groups is 2. The Balaban J connectivity index is 1.72. The molecule has 0 unspecified atom stereocenters. The molecule has 0 saturated heterocycles. The summed E-state index contributed by atoms with van der Waals surface area (Å²) >= 11 is 0. The van der Waals surface area contributed by atoms with Crippen LogP contribution in [0.3, 0.4) is 0 Å². The number of carbonyl (C=O) groups excluding carboxylic acids is 2. The van der Waals surface area contributed by atoms with Crippen molar-refractivity contribution in [3.63, 3.8) is 0 Å². The first-order valence-electron chi connectivity index (χ1n) is 15.0. The zero-order chi connectivity index (χ0) is 29.0. The smallest absolute Gasteiger partial charge is 0.226 e. The number of fused-ring (bicyclic) bond motifs is 7. The summed E-state index contributed by atoms with van der Waals surface area (Å²) in [5.41, 5.74) is -3.37. The van der Waals surface area contributed by atoms with Crippen molar-refractivity contribution in [1.82, 2.24) is 5.32 Å². The van der Waals surface area contributed by atoms with Crippen molar-refractivity contribution in [3.05, 3.63) is 34.5 Å². The molecule has 0 aromatic heterocycles. The molecule has 0 bridgehead atoms. The molecule has 1 amide bonds. The van der Waals surface area contributed by atoms with Crippen molar-refractivity contribution in [2.75, 3.05) is 6.54 Å². The lowest BCUT2D eigenvalue weighted by Crippen LogP contribution is -2.75. The maximum Gasteiger partial charge on any atom is 0.226 e. The number of nitrogens with one attached hydrogen (secondary N) is 1. The fraction of sp³-hybridized carbons (Fsp3) is 0.788. The van der Waals surface area contributed by atoms with Gasteiger partial charge in [-0.3, -0.25) is 9.59 Å². The van der Waals surface area contributed by atoms with Crippen LogP contribution in [-0.2, 0) is 9.59 Å². The Morgan fingerprint density at radius 3 is 2.31 bits per heavy atom. The normalized spacial score (nSPS) is 46.1. The summed E-state index contributed by atoms with van der Waals surface area (Å²) < 4.78 is 0. The molecular weight excluding hydrogens is 488 g/mol. The second-order valence-electron chi connectivity index (χ2n) is 15.6. The Morgan fingerprint density at radius 1 is 1.05 bits per heavy atom. The van der Waals surface area contributed by atoms with Gasteiger partial charge in [0.2, 0.25) is 11.6 Å². The Labute approximate surface area is 234 Å². The minimum atomic E-state index is -1.65. The van der Waals surface area contributed by atoms with E-state index in [1.165, 1.54) is 0 Å². The monoisotopic (exact) mass is 536 g/mol. The highest BCUT2D eigenvalue weighted by atomic mass is 16.3. The van der Waals surface area contributed by atoms with E-state index < -0.39 is 38.6 Å². The maximum absolute atomic E-state index is 14.6. The molecule has 6 heteroatoms. The maximum atomic E-state index is 14.6. The average Bonchev–Trinajstić information content (AvgIpc) is 2.85. The van der Waals surface area contributed by atoms with E-state index in [0.717, 1.165) is 24.8 Å². The van der Waals surface area contributed by atoms with Crippen molar-refractivity contribution in [2.45, 2.75) is 112 Å². The topological polar surface area (TPSA) is 91.0 Å². The predicted molar refractivity (Wildman–Crippen MR) is 151 cm³/mol. The number of rotatable bonds is 2. The number of carbonyl (C=O) groups is 2. The molecule has 0 aromatic carbocycles. The zero-order valence-electron chi connectivity index (χ0n) is 25.3. The average molecular weight is 537 g/mol. The number of nitrogens with zero attached hydrogens (tertiary/aromatic N) is 1. The highest BCUT2D eigenvalue weighted by Crippen LogP contribution is 2.76. The number of amides is 1. The third kappa shape index (κ3) is 3.23. The van der Waals surface area contributed by atoms with Crippen LogP contribution in [0.2, 0.25) is 0 Å². The molecule has 5 aliphatic carbocycles. The third-order valence-corrected chi connectivity index (χ3v) is 13.1. The van der Waals surface area contributed by atoms with Gasteiger partial charge in [-0.25, -0.2) is 4.85 Å². The van der Waals surface area contributed by atoms with Gasteiger partial charge >= 0.3 is 0 Å². The summed E-state index contributed by atoms with van der Waals surface area (Å²) in [6.45, 7) is 25.2. The first-order chi connectivity index (χ1) is 17.9. The minimum absolute atomic E-state index is 0.0132. The fourth-order valence-corrected chi connectivity index (χ4v) is 10.6. The van der Waals surface area contributed by atoms with Crippen molar-refractivity contribution in [2.24, 2.45) is 44.3 Å². The van der Waals surface area contributed by atoms with Gasteiger partial charge in [0.25, 0.3) is 0 Å². The molecule has 6 nitrogen and oxygen atoms in total. The molecule has 0 heterocycles. The summed E-state index contributed by atoms with van der Waals surface area (Å²) in [6, 6.07) is 0. The first kappa shape index (κ1) is 28.4. The Bertz CT molecular complexity index is 1240. The van der Waals surface area contributed by atoms with E-state index in [2.05, 4.69) is 44.8 Å². The molecule has 0 aromatic rings. The molecule has 0 spiro atoms. The lowest BCUT2D eigenvalue weighted by atomic mass is 9.32. The van der Waals surface area contributed by atoms with Gasteiger partial charge in [-0.2, -0.15) is 0 Å². The molecule has 3 saturated carbocycles. The summed E-state index contributed by atoms with van der Waals surface area (Å²) in [5.74, 6) is -0.485. The van der Waals surface area contributed by atoms with E-state index in [-0.39, 0.29) is 28.8 Å². The second-order valence-corrected chi connectivity index (χ2v) is 15.6. The van der Waals surface area contributed by atoms with E-state index in [9.17, 15) is 19.8 Å². The lowest BCUT2D eigenvalue weighted by molar-refractivity contribution is -0.244. The minimum Gasteiger partial charge on any atom is -0.523 e. The number of hydrogen-bond acceptors (Lipinski definition) is 4. The molecular formula is C33H48N2O4. The van der Waals surface area contributed by atoms with Crippen molar-refractivity contribution < 1.29 is 19.8 Å². The lowest BCUT2D eigenvalue weighted by Gasteiger charge is -2.71. The van der Waals surface area contributed by atoms with E-state index in [1.807, 2.05) is 20.8 Å². The van der Waals surface area contributed by atoms with E-state index in [1.54, 1.807) is 6.08 Å². The standard InChI is InChI=1S/C33H48N2O4/c1-10-35-26(38)32-15-13-27(2,3)19-23(32)33(39)24(36)17-22-29(6)18-20(34-9)25(37)28(4,5)21(29)11-12-30(22,7)31(33,8)14-16-32/h17,21,23,37,39H,10-16,18-19H2,1-8H3,(H,35,38)/t21-,23+,29-,30+,31-,32-,33+/m0/s1. The van der Waals surface area contributed by atoms with Crippen molar-refractivity contribution in [1.29, 1.82) is 0 Å². The van der Waals surface area contributed by atoms with Crippen LogP contribution in [0.25, 0.3) is 4.85 Å². The molecule has 5 aliphatic rings. The Kier molecular flexibility index (Phi) is 5.98. The Morgan fingerprint density at radius 2 is 1.69 bits per heavy atom. The van der Waals surface area contributed by atoms with E-state index >= 15 is 0 Å². The van der Waals surface area contributed by atoms with Crippen LogP contribution in [0.15, 0.2) is 23.1 Å². The molecule has 214 valence electrons. The summed E-state index contributed by atoms with van der Waals surface area (Å²) in [6.07, 6.45) is 7.23. The molecule has 0 aliphatic heterocycles. The Hall–Kier alpha value is -2.13. The fourth-order valence-electron chi connectivity index (χ4n) is 10.6. The zero-order valence-corrected chi connectivity index (χ0v) is 25.3. The third-order valence-electron chi connectivity index (χ3n) is 13.1. The van der Waals surface area contributed by atoms with Crippen molar-refractivity contribution >= 4 is 11.7 Å². The van der Waals surface area contributed by atoms with Gasteiger partial charge in [0.15, 0.2) is 5.78 Å². The van der Waals surface area contributed by atoms with Crippen LogP contribution in [0, 0.1) is 50.9 Å². The number of allylic oxidation sites excluding steroid dienone is 3. The van der Waals surface area contributed by atoms with Crippen LogP contribution in [0.5, 0.6) is 0 Å². The van der Waals surface area contributed by atoms with Gasteiger partial charge in [0, 0.05) is 23.3 Å². The van der Waals surface area contributed by atoms with E-state index in [0.29, 0.717) is 44.3 Å². The van der Waals surface area contributed by atoms with Crippen LogP contribution >= 0.6 is 0 Å². The second kappa shape index (κ2) is 8.21. The van der Waals surface area contributed by atoms with Gasteiger partial charge in [0.05, 0.1) is 12.0 Å². The quantitative estimate of drug-likeness (QED) is 0.351. The first-order valence-corrected chi connectivity index (χ1v) is 15.0. The van der Waals surface area contributed by atoms with Gasteiger partial charge in [-0.15, -0.1) is 0 Å². The van der Waals surface area contributed by atoms with Crippen molar-refractivity contribution in [3.8, 4) is 0 Å². The van der Waals surface area contributed by atoms with Crippen LogP contribution in [-0.4, -0.2) is 34.0 Å². The van der Waals surface area contributed by atoms with Crippen LogP contribution in [0.4, 0.5) is 0 Å². The number of hydrogen-bond donors (Lipinski definition) is 3. The number of aliphatic hydroxyl groups excluding tert-OH is 1. The molecule has 3 N–H and O–H groups in total.